The van der Waals surface area contributed by atoms with E-state index in [-0.39, 0.29) is 17.7 Å². The summed E-state index contributed by atoms with van der Waals surface area (Å²) in [7, 11) is 0. The SMILES string of the molecule is CC(=O)C(Cl)c1c(CC#N)cccc1OC(F)F. The summed E-state index contributed by atoms with van der Waals surface area (Å²) in [5.74, 6) is -0.575. The van der Waals surface area contributed by atoms with Crippen LogP contribution in [0.5, 0.6) is 5.75 Å². The van der Waals surface area contributed by atoms with Crippen molar-refractivity contribution in [2.24, 2.45) is 0 Å². The van der Waals surface area contributed by atoms with Crippen molar-refractivity contribution in [3.63, 3.8) is 0 Å². The molecule has 0 saturated heterocycles. The summed E-state index contributed by atoms with van der Waals surface area (Å²) in [5, 5.41) is 7.56. The van der Waals surface area contributed by atoms with Gasteiger partial charge in [0.25, 0.3) is 0 Å². The largest absolute Gasteiger partial charge is 0.434 e. The van der Waals surface area contributed by atoms with Crippen LogP contribution in [0.3, 0.4) is 0 Å². The number of nitriles is 1. The van der Waals surface area contributed by atoms with Gasteiger partial charge < -0.3 is 4.74 Å². The molecule has 0 aliphatic heterocycles. The van der Waals surface area contributed by atoms with Crippen LogP contribution in [0, 0.1) is 11.3 Å². The number of benzene rings is 1. The lowest BCUT2D eigenvalue weighted by atomic mass is 9.99. The average molecular weight is 274 g/mol. The highest BCUT2D eigenvalue weighted by Crippen LogP contribution is 2.34. The molecule has 0 N–H and O–H groups in total. The van der Waals surface area contributed by atoms with Crippen molar-refractivity contribution in [1.29, 1.82) is 5.26 Å². The molecule has 0 bridgehead atoms. The number of hydrogen-bond acceptors (Lipinski definition) is 3. The molecule has 1 unspecified atom stereocenters. The van der Waals surface area contributed by atoms with Gasteiger partial charge in [0.2, 0.25) is 0 Å². The zero-order valence-corrected chi connectivity index (χ0v) is 10.2. The van der Waals surface area contributed by atoms with Gasteiger partial charge in [-0.3, -0.25) is 4.79 Å². The lowest BCUT2D eigenvalue weighted by molar-refractivity contribution is -0.116. The van der Waals surface area contributed by atoms with Gasteiger partial charge in [-0.05, 0) is 18.6 Å². The van der Waals surface area contributed by atoms with Crippen molar-refractivity contribution in [2.45, 2.75) is 25.3 Å². The van der Waals surface area contributed by atoms with Gasteiger partial charge in [0.1, 0.15) is 11.1 Å². The number of alkyl halides is 3. The Morgan fingerprint density at radius 1 is 1.56 bits per heavy atom. The fourth-order valence-electron chi connectivity index (χ4n) is 1.52. The molecule has 1 aromatic carbocycles. The Balaban J connectivity index is 3.29. The van der Waals surface area contributed by atoms with E-state index in [0.29, 0.717) is 5.56 Å². The Morgan fingerprint density at radius 2 is 2.22 bits per heavy atom. The van der Waals surface area contributed by atoms with Gasteiger partial charge >= 0.3 is 6.61 Å². The molecule has 18 heavy (non-hydrogen) atoms. The van der Waals surface area contributed by atoms with Crippen molar-refractivity contribution in [3.8, 4) is 11.8 Å². The van der Waals surface area contributed by atoms with Gasteiger partial charge in [0.05, 0.1) is 12.5 Å². The average Bonchev–Trinajstić information content (AvgIpc) is 2.28. The van der Waals surface area contributed by atoms with Gasteiger partial charge in [0.15, 0.2) is 5.78 Å². The Kier molecular flexibility index (Phi) is 5.05. The summed E-state index contributed by atoms with van der Waals surface area (Å²) in [5.41, 5.74) is 0.541. The van der Waals surface area contributed by atoms with Crippen LogP contribution in [0.2, 0.25) is 0 Å². The summed E-state index contributed by atoms with van der Waals surface area (Å²) in [6.45, 7) is -1.77. The van der Waals surface area contributed by atoms with Gasteiger partial charge in [-0.2, -0.15) is 14.0 Å². The number of ketones is 1. The second-order valence-corrected chi connectivity index (χ2v) is 3.95. The highest BCUT2D eigenvalue weighted by atomic mass is 35.5. The predicted octanol–water partition coefficient (Wildman–Crippen LogP) is 3.22. The molecule has 0 radical (unpaired) electrons. The Hall–Kier alpha value is -1.67. The van der Waals surface area contributed by atoms with Crippen LogP contribution in [0.25, 0.3) is 0 Å². The monoisotopic (exact) mass is 273 g/mol. The summed E-state index contributed by atoms with van der Waals surface area (Å²) in [4.78, 5) is 11.3. The molecule has 0 amide bonds. The number of hydrogen-bond donors (Lipinski definition) is 0. The molecule has 0 aromatic heterocycles. The van der Waals surface area contributed by atoms with E-state index in [1.807, 2.05) is 6.07 Å². The number of carbonyl (C=O) groups is 1. The minimum absolute atomic E-state index is 0.0354. The highest BCUT2D eigenvalue weighted by Gasteiger charge is 2.23. The van der Waals surface area contributed by atoms with Crippen molar-refractivity contribution in [2.75, 3.05) is 0 Å². The van der Waals surface area contributed by atoms with Crippen LogP contribution in [0.1, 0.15) is 23.4 Å². The molecular formula is C12H10ClF2NO2. The van der Waals surface area contributed by atoms with Gasteiger partial charge in [-0.15, -0.1) is 11.6 Å². The lowest BCUT2D eigenvalue weighted by Gasteiger charge is -2.16. The number of Topliss-reactive ketones (excluding diaryl/α,β-unsaturated/α-hetero) is 1. The molecule has 0 spiro atoms. The molecule has 0 aliphatic carbocycles. The van der Waals surface area contributed by atoms with Crippen LogP contribution in [0.15, 0.2) is 18.2 Å². The number of nitrogens with zero attached hydrogens (tertiary/aromatic N) is 1. The van der Waals surface area contributed by atoms with Crippen LogP contribution in [0.4, 0.5) is 8.78 Å². The first-order valence-corrected chi connectivity index (χ1v) is 5.49. The van der Waals surface area contributed by atoms with E-state index >= 15 is 0 Å². The highest BCUT2D eigenvalue weighted by molar-refractivity contribution is 6.31. The maximum absolute atomic E-state index is 12.3. The first-order valence-electron chi connectivity index (χ1n) is 5.05. The van der Waals surface area contributed by atoms with E-state index in [0.717, 1.165) is 0 Å². The smallest absolute Gasteiger partial charge is 0.387 e. The Labute approximate surface area is 108 Å². The summed E-state index contributed by atoms with van der Waals surface area (Å²) < 4.78 is 28.9. The molecule has 1 rings (SSSR count). The third kappa shape index (κ3) is 3.41. The minimum atomic E-state index is -3.02. The van der Waals surface area contributed by atoms with Crippen LogP contribution < -0.4 is 4.74 Å². The second kappa shape index (κ2) is 6.31. The third-order valence-electron chi connectivity index (χ3n) is 2.25. The zero-order chi connectivity index (χ0) is 13.7. The summed E-state index contributed by atoms with van der Waals surface area (Å²) >= 11 is 5.89. The fourth-order valence-corrected chi connectivity index (χ4v) is 1.77. The molecule has 0 saturated carbocycles. The third-order valence-corrected chi connectivity index (χ3v) is 2.78. The first-order chi connectivity index (χ1) is 8.47. The van der Waals surface area contributed by atoms with E-state index in [9.17, 15) is 13.6 Å². The first kappa shape index (κ1) is 14.4. The zero-order valence-electron chi connectivity index (χ0n) is 9.49. The van der Waals surface area contributed by atoms with Crippen molar-refractivity contribution in [3.05, 3.63) is 29.3 Å². The van der Waals surface area contributed by atoms with E-state index in [1.165, 1.54) is 19.1 Å². The molecule has 96 valence electrons. The lowest BCUT2D eigenvalue weighted by Crippen LogP contribution is -2.11. The van der Waals surface area contributed by atoms with Crippen LogP contribution >= 0.6 is 11.6 Å². The van der Waals surface area contributed by atoms with Gasteiger partial charge in [0, 0.05) is 5.56 Å². The molecule has 3 nitrogen and oxygen atoms in total. The predicted molar refractivity (Wildman–Crippen MR) is 61.7 cm³/mol. The molecule has 6 heteroatoms. The fraction of sp³-hybridized carbons (Fsp3) is 0.333. The van der Waals surface area contributed by atoms with E-state index < -0.39 is 17.8 Å². The van der Waals surface area contributed by atoms with Crippen molar-refractivity contribution in [1.82, 2.24) is 0 Å². The number of rotatable bonds is 5. The van der Waals surface area contributed by atoms with E-state index in [4.69, 9.17) is 16.9 Å². The quantitative estimate of drug-likeness (QED) is 0.774. The van der Waals surface area contributed by atoms with Crippen LogP contribution in [-0.4, -0.2) is 12.4 Å². The number of ether oxygens (including phenoxy) is 1. The van der Waals surface area contributed by atoms with Crippen molar-refractivity contribution < 1.29 is 18.3 Å². The minimum Gasteiger partial charge on any atom is -0.434 e. The maximum atomic E-state index is 12.3. The van der Waals surface area contributed by atoms with Gasteiger partial charge in [-0.25, -0.2) is 0 Å². The maximum Gasteiger partial charge on any atom is 0.387 e. The summed E-state index contributed by atoms with van der Waals surface area (Å²) in [6.07, 6.45) is -0.0354. The number of carbonyl (C=O) groups excluding carboxylic acids is 1. The summed E-state index contributed by atoms with van der Waals surface area (Å²) in [6, 6.07) is 6.20. The second-order valence-electron chi connectivity index (χ2n) is 3.52. The Morgan fingerprint density at radius 3 is 2.72 bits per heavy atom. The number of halogens is 3. The molecule has 0 aliphatic rings. The Bertz CT molecular complexity index is 485. The molecular weight excluding hydrogens is 264 g/mol. The van der Waals surface area contributed by atoms with Crippen molar-refractivity contribution >= 4 is 17.4 Å². The molecule has 0 heterocycles. The van der Waals surface area contributed by atoms with E-state index in [1.54, 1.807) is 6.07 Å². The molecule has 1 aromatic rings. The normalized spacial score (nSPS) is 12.0. The van der Waals surface area contributed by atoms with Crippen LogP contribution in [-0.2, 0) is 11.2 Å². The molecule has 1 atom stereocenters. The van der Waals surface area contributed by atoms with Gasteiger partial charge in [-0.1, -0.05) is 12.1 Å². The topological polar surface area (TPSA) is 50.1 Å². The molecule has 0 fully saturated rings. The standard InChI is InChI=1S/C12H10ClF2NO2/c1-7(17)11(13)10-8(5-6-16)3-2-4-9(10)18-12(14)15/h2-4,11-12H,5H2,1H3. The van der Waals surface area contributed by atoms with E-state index in [2.05, 4.69) is 4.74 Å².